The maximum atomic E-state index is 13.2. The molecule has 0 saturated heterocycles. The van der Waals surface area contributed by atoms with Crippen LogP contribution in [0.5, 0.6) is 0 Å². The summed E-state index contributed by atoms with van der Waals surface area (Å²) in [5.41, 5.74) is 3.76. The zero-order chi connectivity index (χ0) is 19.7. The first-order valence-electron chi connectivity index (χ1n) is 9.26. The van der Waals surface area contributed by atoms with Crippen LogP contribution in [-0.4, -0.2) is 16.7 Å². The summed E-state index contributed by atoms with van der Waals surface area (Å²) in [6, 6.07) is 12.7. The summed E-state index contributed by atoms with van der Waals surface area (Å²) in [4.78, 5) is 30.2. The second kappa shape index (κ2) is 7.60. The lowest BCUT2D eigenvalue weighted by molar-refractivity contribution is -0.116. The molecule has 0 saturated carbocycles. The summed E-state index contributed by atoms with van der Waals surface area (Å²) < 4.78 is 0. The van der Waals surface area contributed by atoms with E-state index >= 15 is 0 Å². The number of aromatic nitrogens is 1. The molecule has 1 aliphatic carbocycles. The first-order valence-corrected chi connectivity index (χ1v) is 9.64. The molecule has 0 fully saturated rings. The van der Waals surface area contributed by atoms with Crippen LogP contribution in [0.3, 0.4) is 0 Å². The summed E-state index contributed by atoms with van der Waals surface area (Å²) in [5.74, 6) is -0.139. The molecule has 1 amide bonds. The van der Waals surface area contributed by atoms with Gasteiger partial charge in [-0.25, -0.2) is 4.98 Å². The van der Waals surface area contributed by atoms with Gasteiger partial charge in [0.15, 0.2) is 5.78 Å². The monoisotopic (exact) mass is 393 g/mol. The lowest BCUT2D eigenvalue weighted by atomic mass is 9.75. The summed E-state index contributed by atoms with van der Waals surface area (Å²) in [7, 11) is 0. The molecule has 2 N–H and O–H groups in total. The SMILES string of the molecule is CC1=C(C(=O)Nc2ccccn2)[C@@H](c2ccc(Cl)cc2)C2=C(CCCC2=O)N1. The van der Waals surface area contributed by atoms with E-state index in [9.17, 15) is 9.59 Å². The van der Waals surface area contributed by atoms with Crippen LogP contribution < -0.4 is 10.6 Å². The molecule has 2 heterocycles. The highest BCUT2D eigenvalue weighted by molar-refractivity contribution is 6.30. The van der Waals surface area contributed by atoms with Crippen molar-refractivity contribution in [3.05, 3.63) is 81.8 Å². The zero-order valence-corrected chi connectivity index (χ0v) is 16.2. The molecule has 0 unspecified atom stereocenters. The van der Waals surface area contributed by atoms with Crippen molar-refractivity contribution in [2.24, 2.45) is 0 Å². The Morgan fingerprint density at radius 2 is 1.96 bits per heavy atom. The molecular weight excluding hydrogens is 374 g/mol. The fourth-order valence-electron chi connectivity index (χ4n) is 3.89. The van der Waals surface area contributed by atoms with E-state index in [1.54, 1.807) is 30.5 Å². The van der Waals surface area contributed by atoms with E-state index in [2.05, 4.69) is 15.6 Å². The second-order valence-corrected chi connectivity index (χ2v) is 7.42. The molecule has 1 aliphatic heterocycles. The molecule has 1 aromatic heterocycles. The number of benzene rings is 1. The van der Waals surface area contributed by atoms with E-state index in [0.29, 0.717) is 28.4 Å². The van der Waals surface area contributed by atoms with E-state index in [0.717, 1.165) is 29.8 Å². The van der Waals surface area contributed by atoms with E-state index in [1.165, 1.54) is 0 Å². The minimum Gasteiger partial charge on any atom is -0.362 e. The predicted molar refractivity (Wildman–Crippen MR) is 109 cm³/mol. The summed E-state index contributed by atoms with van der Waals surface area (Å²) in [6.07, 6.45) is 3.75. The number of anilines is 1. The van der Waals surface area contributed by atoms with Crippen LogP contribution in [0, 0.1) is 0 Å². The number of allylic oxidation sites excluding steroid dienone is 3. The highest BCUT2D eigenvalue weighted by atomic mass is 35.5. The first-order chi connectivity index (χ1) is 13.5. The van der Waals surface area contributed by atoms with Crippen LogP contribution in [0.25, 0.3) is 0 Å². The number of ketones is 1. The van der Waals surface area contributed by atoms with Gasteiger partial charge in [-0.3, -0.25) is 9.59 Å². The van der Waals surface area contributed by atoms with Crippen LogP contribution in [-0.2, 0) is 9.59 Å². The van der Waals surface area contributed by atoms with Crippen molar-refractivity contribution < 1.29 is 9.59 Å². The van der Waals surface area contributed by atoms with Crippen LogP contribution >= 0.6 is 11.6 Å². The zero-order valence-electron chi connectivity index (χ0n) is 15.5. The maximum absolute atomic E-state index is 13.2. The van der Waals surface area contributed by atoms with Gasteiger partial charge in [0.25, 0.3) is 5.91 Å². The molecule has 28 heavy (non-hydrogen) atoms. The Bertz CT molecular complexity index is 994. The number of hydrogen-bond donors (Lipinski definition) is 2. The van der Waals surface area contributed by atoms with Crippen LogP contribution in [0.2, 0.25) is 5.02 Å². The summed E-state index contributed by atoms with van der Waals surface area (Å²) in [6.45, 7) is 1.87. The van der Waals surface area contributed by atoms with Crippen molar-refractivity contribution in [1.29, 1.82) is 0 Å². The van der Waals surface area contributed by atoms with Gasteiger partial charge in [0.1, 0.15) is 5.82 Å². The van der Waals surface area contributed by atoms with Crippen molar-refractivity contribution in [3.63, 3.8) is 0 Å². The van der Waals surface area contributed by atoms with Crippen molar-refractivity contribution in [2.45, 2.75) is 32.1 Å². The van der Waals surface area contributed by atoms with Gasteiger partial charge >= 0.3 is 0 Å². The highest BCUT2D eigenvalue weighted by Crippen LogP contribution is 2.42. The van der Waals surface area contributed by atoms with Gasteiger partial charge in [-0.1, -0.05) is 29.8 Å². The Labute approximate surface area is 168 Å². The topological polar surface area (TPSA) is 71.1 Å². The van der Waals surface area contributed by atoms with Gasteiger partial charge < -0.3 is 10.6 Å². The maximum Gasteiger partial charge on any atom is 0.255 e. The average Bonchev–Trinajstić information content (AvgIpc) is 2.68. The average molecular weight is 394 g/mol. The van der Waals surface area contributed by atoms with Gasteiger partial charge in [-0.15, -0.1) is 0 Å². The molecule has 1 aromatic carbocycles. The number of amides is 1. The highest BCUT2D eigenvalue weighted by Gasteiger charge is 2.38. The molecule has 5 nitrogen and oxygen atoms in total. The van der Waals surface area contributed by atoms with Gasteiger partial charge in [-0.05, 0) is 49.6 Å². The van der Waals surface area contributed by atoms with Crippen LogP contribution in [0.1, 0.15) is 37.7 Å². The van der Waals surface area contributed by atoms with Gasteiger partial charge in [0.05, 0.1) is 0 Å². The minimum atomic E-state index is -0.426. The Morgan fingerprint density at radius 1 is 1.18 bits per heavy atom. The first kappa shape index (κ1) is 18.4. The molecule has 6 heteroatoms. The standard InChI is InChI=1S/C22H20ClN3O2/c1-13-19(22(28)26-18-7-2-3-12-24-18)20(14-8-10-15(23)11-9-14)21-16(25-13)5-4-6-17(21)27/h2-3,7-12,20,25H,4-6H2,1H3,(H,24,26,28)/t20-/m1/s1. The molecule has 4 rings (SSSR count). The number of rotatable bonds is 3. The number of hydrogen-bond acceptors (Lipinski definition) is 4. The Morgan fingerprint density at radius 3 is 2.68 bits per heavy atom. The number of carbonyl (C=O) groups is 2. The number of halogens is 1. The number of Topliss-reactive ketones (excluding diaryl/α,β-unsaturated/α-hetero) is 1. The van der Waals surface area contributed by atoms with Crippen molar-refractivity contribution in [3.8, 4) is 0 Å². The van der Waals surface area contributed by atoms with Gasteiger partial charge in [-0.2, -0.15) is 0 Å². The van der Waals surface area contributed by atoms with E-state index < -0.39 is 5.92 Å². The second-order valence-electron chi connectivity index (χ2n) is 6.99. The number of carbonyl (C=O) groups excluding carboxylic acids is 2. The molecular formula is C22H20ClN3O2. The molecule has 2 aromatic rings. The Kier molecular flexibility index (Phi) is 5.01. The fraction of sp³-hybridized carbons (Fsp3) is 0.227. The van der Waals surface area contributed by atoms with Crippen molar-refractivity contribution >= 4 is 29.1 Å². The minimum absolute atomic E-state index is 0.0873. The number of dihydropyridines is 1. The molecule has 142 valence electrons. The fourth-order valence-corrected chi connectivity index (χ4v) is 4.02. The van der Waals surface area contributed by atoms with Crippen molar-refractivity contribution in [1.82, 2.24) is 10.3 Å². The quantitative estimate of drug-likeness (QED) is 0.813. The summed E-state index contributed by atoms with van der Waals surface area (Å²) >= 11 is 6.06. The number of pyridine rings is 1. The van der Waals surface area contributed by atoms with E-state index in [1.807, 2.05) is 25.1 Å². The van der Waals surface area contributed by atoms with Gasteiger partial charge in [0.2, 0.25) is 0 Å². The lowest BCUT2D eigenvalue weighted by Gasteiger charge is -2.34. The predicted octanol–water partition coefficient (Wildman–Crippen LogP) is 4.34. The Hall–Kier alpha value is -2.92. The lowest BCUT2D eigenvalue weighted by Crippen LogP contribution is -2.35. The summed E-state index contributed by atoms with van der Waals surface area (Å²) in [5, 5.41) is 6.78. The normalized spacial score (nSPS) is 19.2. The van der Waals surface area contributed by atoms with E-state index in [-0.39, 0.29) is 11.7 Å². The molecule has 1 atom stereocenters. The molecule has 0 bridgehead atoms. The number of nitrogens with one attached hydrogen (secondary N) is 2. The van der Waals surface area contributed by atoms with Gasteiger partial charge in [0, 0.05) is 46.1 Å². The third kappa shape index (κ3) is 3.45. The van der Waals surface area contributed by atoms with Crippen molar-refractivity contribution in [2.75, 3.05) is 5.32 Å². The molecule has 0 radical (unpaired) electrons. The third-order valence-electron chi connectivity index (χ3n) is 5.13. The number of nitrogens with zero attached hydrogens (tertiary/aromatic N) is 1. The largest absolute Gasteiger partial charge is 0.362 e. The smallest absolute Gasteiger partial charge is 0.255 e. The molecule has 0 spiro atoms. The van der Waals surface area contributed by atoms with Crippen LogP contribution in [0.15, 0.2) is 71.2 Å². The third-order valence-corrected chi connectivity index (χ3v) is 5.38. The van der Waals surface area contributed by atoms with Crippen LogP contribution in [0.4, 0.5) is 5.82 Å². The Balaban J connectivity index is 1.79. The molecule has 2 aliphatic rings. The van der Waals surface area contributed by atoms with E-state index in [4.69, 9.17) is 11.6 Å².